The minimum Gasteiger partial charge on any atom is -0.206 e. The van der Waals surface area contributed by atoms with Gasteiger partial charge < -0.3 is 0 Å². The smallest absolute Gasteiger partial charge is 0.130 e. The maximum Gasteiger partial charge on any atom is 0.130 e. The van der Waals surface area contributed by atoms with E-state index in [1.165, 1.54) is 11.1 Å². The maximum atomic E-state index is 12.2. The van der Waals surface area contributed by atoms with Gasteiger partial charge in [0.25, 0.3) is 0 Å². The van der Waals surface area contributed by atoms with Crippen LogP contribution in [0.3, 0.4) is 0 Å². The first-order valence-corrected chi connectivity index (χ1v) is 3.38. The van der Waals surface area contributed by atoms with Crippen LogP contribution < -0.4 is 0 Å². The second-order valence-electron chi connectivity index (χ2n) is 1.67. The molecule has 0 spiro atoms. The number of rotatable bonds is 2. The monoisotopic (exact) mass is 190 g/mol. The zero-order valence-corrected chi connectivity index (χ0v) is 6.78. The van der Waals surface area contributed by atoms with Crippen molar-refractivity contribution in [2.45, 2.75) is 6.92 Å². The van der Waals surface area contributed by atoms with Crippen LogP contribution in [-0.2, 0) is 0 Å². The van der Waals surface area contributed by atoms with E-state index in [1.807, 2.05) is 0 Å². The molecule has 0 saturated heterocycles. The van der Waals surface area contributed by atoms with Crippen LogP contribution in [0.5, 0.6) is 0 Å². The van der Waals surface area contributed by atoms with Crippen LogP contribution >= 0.6 is 15.9 Å². The largest absolute Gasteiger partial charge is 0.206 e. The van der Waals surface area contributed by atoms with E-state index >= 15 is 0 Å². The Labute approximate surface area is 62.9 Å². The minimum atomic E-state index is -0.307. The van der Waals surface area contributed by atoms with Gasteiger partial charge in [-0.3, -0.25) is 0 Å². The van der Waals surface area contributed by atoms with Crippen molar-refractivity contribution in [1.29, 1.82) is 0 Å². The second-order valence-corrected chi connectivity index (χ2v) is 2.13. The first-order chi connectivity index (χ1) is 4.16. The van der Waals surface area contributed by atoms with Crippen LogP contribution in [0, 0.1) is 0 Å². The van der Waals surface area contributed by atoms with Gasteiger partial charge in [0.15, 0.2) is 0 Å². The van der Waals surface area contributed by atoms with Crippen molar-refractivity contribution in [3.8, 4) is 0 Å². The Morgan fingerprint density at radius 3 is 2.44 bits per heavy atom. The molecule has 9 heavy (non-hydrogen) atoms. The second kappa shape index (κ2) is 4.50. The maximum absolute atomic E-state index is 12.2. The van der Waals surface area contributed by atoms with Crippen LogP contribution in [0.1, 0.15) is 6.92 Å². The predicted molar refractivity (Wildman–Crippen MR) is 42.1 cm³/mol. The normalized spacial score (nSPS) is 12.6. The third-order valence-electron chi connectivity index (χ3n) is 0.631. The molecule has 0 heterocycles. The molecule has 0 aliphatic carbocycles. The summed E-state index contributed by atoms with van der Waals surface area (Å²) in [5, 5.41) is 0. The quantitative estimate of drug-likeness (QED) is 0.587. The third-order valence-corrected chi connectivity index (χ3v) is 1.07. The van der Waals surface area contributed by atoms with Crippen LogP contribution in [0.2, 0.25) is 0 Å². The molecule has 0 rings (SSSR count). The summed E-state index contributed by atoms with van der Waals surface area (Å²) in [7, 11) is 0. The predicted octanol–water partition coefficient (Wildman–Crippen LogP) is 3.32. The van der Waals surface area contributed by atoms with Gasteiger partial charge in [-0.1, -0.05) is 34.2 Å². The highest BCUT2D eigenvalue weighted by Crippen LogP contribution is 2.03. The van der Waals surface area contributed by atoms with Gasteiger partial charge in [-0.2, -0.15) is 0 Å². The Kier molecular flexibility index (Phi) is 4.32. The molecule has 0 aliphatic rings. The van der Waals surface area contributed by atoms with E-state index in [9.17, 15) is 4.39 Å². The summed E-state index contributed by atoms with van der Waals surface area (Å²) >= 11 is 2.85. The molecule has 0 amide bonds. The van der Waals surface area contributed by atoms with E-state index < -0.39 is 0 Å². The Morgan fingerprint density at radius 2 is 2.11 bits per heavy atom. The van der Waals surface area contributed by atoms with Gasteiger partial charge in [-0.15, -0.1) is 0 Å². The van der Waals surface area contributed by atoms with Crippen molar-refractivity contribution in [3.63, 3.8) is 0 Å². The average molecular weight is 191 g/mol. The van der Waals surface area contributed by atoms with E-state index in [2.05, 4.69) is 22.5 Å². The molecular formula is C7H8BrF. The van der Waals surface area contributed by atoms with Gasteiger partial charge in [-0.25, -0.2) is 4.39 Å². The van der Waals surface area contributed by atoms with E-state index in [-0.39, 0.29) is 5.83 Å². The highest BCUT2D eigenvalue weighted by atomic mass is 79.9. The molecule has 0 aromatic rings. The van der Waals surface area contributed by atoms with Gasteiger partial charge in [-0.05, 0) is 13.0 Å². The Morgan fingerprint density at radius 1 is 1.56 bits per heavy atom. The molecule has 0 bridgehead atoms. The van der Waals surface area contributed by atoms with Crippen LogP contribution in [-0.4, -0.2) is 0 Å². The highest BCUT2D eigenvalue weighted by molar-refractivity contribution is 9.11. The van der Waals surface area contributed by atoms with Crippen molar-refractivity contribution in [1.82, 2.24) is 0 Å². The lowest BCUT2D eigenvalue weighted by Gasteiger charge is -1.82. The minimum absolute atomic E-state index is 0.307. The van der Waals surface area contributed by atoms with E-state index in [0.29, 0.717) is 0 Å². The number of allylic oxidation sites excluding steroid dienone is 4. The first-order valence-electron chi connectivity index (χ1n) is 2.46. The van der Waals surface area contributed by atoms with E-state index in [0.717, 1.165) is 5.57 Å². The lowest BCUT2D eigenvalue weighted by atomic mass is 10.3. The third kappa shape index (κ3) is 5.50. The van der Waals surface area contributed by atoms with Crippen LogP contribution in [0.25, 0.3) is 0 Å². The van der Waals surface area contributed by atoms with Gasteiger partial charge in [0, 0.05) is 4.99 Å². The van der Waals surface area contributed by atoms with Crippen molar-refractivity contribution in [2.24, 2.45) is 0 Å². The number of halogens is 2. The summed E-state index contributed by atoms with van der Waals surface area (Å²) in [5.74, 6) is -0.307. The van der Waals surface area contributed by atoms with Crippen molar-refractivity contribution < 1.29 is 4.39 Å². The zero-order valence-electron chi connectivity index (χ0n) is 5.20. The highest BCUT2D eigenvalue weighted by Gasteiger charge is 1.81. The molecule has 0 aromatic carbocycles. The standard InChI is InChI=1S/C7H8BrF/c1-6(2)3-4-7(9)5-8/h3-5H,1H2,2H3/b4-3-,7-5-. The summed E-state index contributed by atoms with van der Waals surface area (Å²) in [5.41, 5.74) is 0.833. The molecular weight excluding hydrogens is 183 g/mol. The van der Waals surface area contributed by atoms with Crippen molar-refractivity contribution in [3.05, 3.63) is 35.1 Å². The van der Waals surface area contributed by atoms with Crippen molar-refractivity contribution in [2.75, 3.05) is 0 Å². The van der Waals surface area contributed by atoms with Crippen LogP contribution in [0.15, 0.2) is 35.1 Å². The van der Waals surface area contributed by atoms with Gasteiger partial charge in [0.2, 0.25) is 0 Å². The van der Waals surface area contributed by atoms with Gasteiger partial charge in [0.05, 0.1) is 0 Å². The fraction of sp³-hybridized carbons (Fsp3) is 0.143. The van der Waals surface area contributed by atoms with Gasteiger partial charge >= 0.3 is 0 Å². The number of hydrogen-bond donors (Lipinski definition) is 0. The molecule has 0 atom stereocenters. The fourth-order valence-electron chi connectivity index (χ4n) is 0.258. The van der Waals surface area contributed by atoms with Crippen molar-refractivity contribution >= 4 is 15.9 Å². The summed E-state index contributed by atoms with van der Waals surface area (Å²) in [6.45, 7) is 5.37. The van der Waals surface area contributed by atoms with E-state index in [1.54, 1.807) is 13.0 Å². The molecule has 0 aliphatic heterocycles. The summed E-state index contributed by atoms with van der Waals surface area (Å²) in [6, 6.07) is 0. The molecule has 0 N–H and O–H groups in total. The fourth-order valence-corrected chi connectivity index (χ4v) is 0.411. The molecule has 0 radical (unpaired) electrons. The van der Waals surface area contributed by atoms with E-state index in [4.69, 9.17) is 0 Å². The van der Waals surface area contributed by atoms with Crippen LogP contribution in [0.4, 0.5) is 4.39 Å². The summed E-state index contributed by atoms with van der Waals surface area (Å²) in [6.07, 6.45) is 2.95. The first kappa shape index (κ1) is 8.63. The summed E-state index contributed by atoms with van der Waals surface area (Å²) in [4.78, 5) is 1.21. The zero-order chi connectivity index (χ0) is 7.28. The van der Waals surface area contributed by atoms with Gasteiger partial charge in [0.1, 0.15) is 5.83 Å². The molecule has 0 unspecified atom stereocenters. The molecule has 0 fully saturated rings. The molecule has 2 heteroatoms. The molecule has 50 valence electrons. The Bertz CT molecular complexity index is 156. The topological polar surface area (TPSA) is 0 Å². The molecule has 0 aromatic heterocycles. The average Bonchev–Trinajstić information content (AvgIpc) is 1.83. The summed E-state index contributed by atoms with van der Waals surface area (Å²) < 4.78 is 12.2. The Hall–Kier alpha value is -0.370. The molecule has 0 nitrogen and oxygen atoms in total. The number of hydrogen-bond acceptors (Lipinski definition) is 0. The molecule has 0 saturated carbocycles. The lowest BCUT2D eigenvalue weighted by molar-refractivity contribution is 0.670. The lowest BCUT2D eigenvalue weighted by Crippen LogP contribution is -1.62. The SMILES string of the molecule is C=C(C)/C=C\C(F)=C\Br. The Balaban J connectivity index is 3.86.